The normalized spacial score (nSPS) is 10.7. The molecule has 8 nitrogen and oxygen atoms in total. The number of ether oxygens (including phenoxy) is 2. The second kappa shape index (κ2) is 14.1. The fraction of sp³-hybridized carbons (Fsp3) is 0.250. The molecule has 0 saturated carbocycles. The Morgan fingerprint density at radius 1 is 0.619 bits per heavy atom. The van der Waals surface area contributed by atoms with E-state index < -0.39 is 11.9 Å². The van der Waals surface area contributed by atoms with Crippen molar-refractivity contribution in [1.29, 1.82) is 0 Å². The SMILES string of the molecule is COC(=O)c1c(-c2ccc(C)cc2)csc1NC(=O)CCCCC(=O)Nc1scc(-c2ccc(C)cc2)c1C(=O)OC. The molecule has 0 bridgehead atoms. The molecule has 4 aromatic rings. The number of aryl methyl sites for hydroxylation is 2. The van der Waals surface area contributed by atoms with Crippen molar-refractivity contribution in [2.45, 2.75) is 39.5 Å². The average molecular weight is 605 g/mol. The third-order valence-electron chi connectivity index (χ3n) is 6.65. The highest BCUT2D eigenvalue weighted by Crippen LogP contribution is 2.37. The molecular weight excluding hydrogens is 572 g/mol. The molecule has 0 unspecified atom stereocenters. The van der Waals surface area contributed by atoms with E-state index >= 15 is 0 Å². The highest BCUT2D eigenvalue weighted by atomic mass is 32.1. The molecule has 0 atom stereocenters. The summed E-state index contributed by atoms with van der Waals surface area (Å²) in [6, 6.07) is 15.5. The van der Waals surface area contributed by atoms with Gasteiger partial charge >= 0.3 is 11.9 Å². The summed E-state index contributed by atoms with van der Waals surface area (Å²) in [5, 5.41) is 10.2. The van der Waals surface area contributed by atoms with Crippen molar-refractivity contribution in [1.82, 2.24) is 0 Å². The van der Waals surface area contributed by atoms with E-state index in [4.69, 9.17) is 9.47 Å². The third-order valence-corrected chi connectivity index (χ3v) is 8.44. The number of unbranched alkanes of at least 4 members (excludes halogenated alkanes) is 1. The molecule has 0 fully saturated rings. The topological polar surface area (TPSA) is 111 Å². The maximum absolute atomic E-state index is 12.7. The second-order valence-electron chi connectivity index (χ2n) is 9.73. The minimum atomic E-state index is -0.524. The smallest absolute Gasteiger partial charge is 0.341 e. The van der Waals surface area contributed by atoms with Gasteiger partial charge in [-0.1, -0.05) is 59.7 Å². The molecule has 2 aromatic carbocycles. The first-order valence-corrected chi connectivity index (χ1v) is 15.1. The zero-order valence-corrected chi connectivity index (χ0v) is 25.5. The number of hydrogen-bond acceptors (Lipinski definition) is 8. The number of rotatable bonds is 11. The van der Waals surface area contributed by atoms with E-state index in [1.807, 2.05) is 73.1 Å². The molecule has 0 aliphatic carbocycles. The van der Waals surface area contributed by atoms with Crippen molar-refractivity contribution >= 4 is 56.4 Å². The van der Waals surface area contributed by atoms with Gasteiger partial charge in [0.1, 0.15) is 21.1 Å². The fourth-order valence-corrected chi connectivity index (χ4v) is 6.30. The van der Waals surface area contributed by atoms with Crippen molar-refractivity contribution in [3.63, 3.8) is 0 Å². The van der Waals surface area contributed by atoms with Gasteiger partial charge in [-0.05, 0) is 37.8 Å². The van der Waals surface area contributed by atoms with Crippen LogP contribution in [-0.4, -0.2) is 38.0 Å². The molecule has 2 heterocycles. The Bertz CT molecular complexity index is 1470. The van der Waals surface area contributed by atoms with Gasteiger partial charge in [-0.25, -0.2) is 9.59 Å². The zero-order chi connectivity index (χ0) is 30.2. The Morgan fingerprint density at radius 2 is 0.976 bits per heavy atom. The van der Waals surface area contributed by atoms with Crippen LogP contribution in [0.15, 0.2) is 59.3 Å². The quantitative estimate of drug-likeness (QED) is 0.136. The number of carbonyl (C=O) groups excluding carboxylic acids is 4. The molecule has 0 saturated heterocycles. The molecule has 2 aromatic heterocycles. The first-order chi connectivity index (χ1) is 20.2. The van der Waals surface area contributed by atoms with Crippen LogP contribution >= 0.6 is 22.7 Å². The monoisotopic (exact) mass is 604 g/mol. The van der Waals surface area contributed by atoms with Gasteiger partial charge in [0, 0.05) is 34.7 Å². The molecule has 0 aliphatic rings. The van der Waals surface area contributed by atoms with Gasteiger partial charge in [-0.15, -0.1) is 22.7 Å². The van der Waals surface area contributed by atoms with Gasteiger partial charge in [-0.2, -0.15) is 0 Å². The number of methoxy groups -OCH3 is 2. The molecule has 2 N–H and O–H groups in total. The molecule has 0 spiro atoms. The Kier molecular flexibility index (Phi) is 10.3. The highest BCUT2D eigenvalue weighted by Gasteiger charge is 2.24. The van der Waals surface area contributed by atoms with Crippen molar-refractivity contribution in [2.75, 3.05) is 24.9 Å². The molecule has 218 valence electrons. The van der Waals surface area contributed by atoms with E-state index in [1.165, 1.54) is 36.9 Å². The molecule has 10 heteroatoms. The molecule has 0 aliphatic heterocycles. The van der Waals surface area contributed by atoms with Crippen LogP contribution < -0.4 is 10.6 Å². The summed E-state index contributed by atoms with van der Waals surface area (Å²) in [5.41, 5.74) is 5.95. The fourth-order valence-electron chi connectivity index (χ4n) is 4.35. The number of hydrogen-bond donors (Lipinski definition) is 2. The Balaban J connectivity index is 1.33. The zero-order valence-electron chi connectivity index (χ0n) is 23.9. The van der Waals surface area contributed by atoms with E-state index in [-0.39, 0.29) is 24.7 Å². The van der Waals surface area contributed by atoms with Gasteiger partial charge in [0.15, 0.2) is 0 Å². The summed E-state index contributed by atoms with van der Waals surface area (Å²) in [6.07, 6.45) is 1.28. The van der Waals surface area contributed by atoms with E-state index in [0.29, 0.717) is 45.1 Å². The summed E-state index contributed by atoms with van der Waals surface area (Å²) in [6.45, 7) is 3.97. The van der Waals surface area contributed by atoms with Crippen LogP contribution in [0, 0.1) is 13.8 Å². The van der Waals surface area contributed by atoms with Crippen LogP contribution in [0.2, 0.25) is 0 Å². The number of benzene rings is 2. The van der Waals surface area contributed by atoms with E-state index in [9.17, 15) is 19.2 Å². The molecule has 4 rings (SSSR count). The molecular formula is C32H32N2O6S2. The van der Waals surface area contributed by atoms with E-state index in [2.05, 4.69) is 10.6 Å². The van der Waals surface area contributed by atoms with Gasteiger partial charge < -0.3 is 20.1 Å². The molecule has 42 heavy (non-hydrogen) atoms. The maximum Gasteiger partial charge on any atom is 0.341 e. The Morgan fingerprint density at radius 3 is 1.31 bits per heavy atom. The molecule has 0 radical (unpaired) electrons. The van der Waals surface area contributed by atoms with Gasteiger partial charge in [0.2, 0.25) is 11.8 Å². The minimum absolute atomic E-state index is 0.176. The lowest BCUT2D eigenvalue weighted by Gasteiger charge is -2.09. The summed E-state index contributed by atoms with van der Waals surface area (Å²) in [5.74, 6) is -1.56. The van der Waals surface area contributed by atoms with E-state index in [0.717, 1.165) is 22.3 Å². The summed E-state index contributed by atoms with van der Waals surface area (Å²) >= 11 is 2.53. The second-order valence-corrected chi connectivity index (χ2v) is 11.5. The van der Waals surface area contributed by atoms with Crippen molar-refractivity contribution < 1.29 is 28.7 Å². The van der Waals surface area contributed by atoms with Crippen LogP contribution in [0.4, 0.5) is 10.0 Å². The lowest BCUT2D eigenvalue weighted by molar-refractivity contribution is -0.118. The largest absolute Gasteiger partial charge is 0.465 e. The minimum Gasteiger partial charge on any atom is -0.465 e. The van der Waals surface area contributed by atoms with Gasteiger partial charge in [0.05, 0.1) is 14.2 Å². The number of amides is 2. The van der Waals surface area contributed by atoms with Gasteiger partial charge in [-0.3, -0.25) is 9.59 Å². The van der Waals surface area contributed by atoms with Gasteiger partial charge in [0.25, 0.3) is 0 Å². The highest BCUT2D eigenvalue weighted by molar-refractivity contribution is 7.15. The number of thiophene rings is 2. The molecule has 2 amide bonds. The van der Waals surface area contributed by atoms with Crippen LogP contribution in [0.3, 0.4) is 0 Å². The third kappa shape index (κ3) is 7.32. The number of carbonyl (C=O) groups is 4. The summed E-state index contributed by atoms with van der Waals surface area (Å²) in [4.78, 5) is 50.5. The standard InChI is InChI=1S/C32H32N2O6S2/c1-19-9-13-21(14-10-19)23-17-41-29(27(23)31(37)39-3)33-25(35)7-5-6-8-26(36)34-30-28(32(38)40-4)24(18-42-30)22-15-11-20(2)12-16-22/h9-18H,5-8H2,1-4H3,(H,33,35)(H,34,36). The lowest BCUT2D eigenvalue weighted by atomic mass is 10.0. The van der Waals surface area contributed by atoms with Crippen LogP contribution in [-0.2, 0) is 19.1 Å². The van der Waals surface area contributed by atoms with Crippen LogP contribution in [0.5, 0.6) is 0 Å². The van der Waals surface area contributed by atoms with E-state index in [1.54, 1.807) is 0 Å². The Labute approximate surface area is 252 Å². The van der Waals surface area contributed by atoms with Crippen LogP contribution in [0.1, 0.15) is 57.5 Å². The first-order valence-electron chi connectivity index (χ1n) is 13.3. The average Bonchev–Trinajstić information content (AvgIpc) is 3.59. The Hall–Kier alpha value is -4.28. The van der Waals surface area contributed by atoms with Crippen molar-refractivity contribution in [3.05, 3.63) is 81.5 Å². The first kappa shape index (κ1) is 30.7. The lowest BCUT2D eigenvalue weighted by Crippen LogP contribution is -2.15. The van der Waals surface area contributed by atoms with Crippen LogP contribution in [0.25, 0.3) is 22.3 Å². The van der Waals surface area contributed by atoms with Crippen molar-refractivity contribution in [3.8, 4) is 22.3 Å². The summed E-state index contributed by atoms with van der Waals surface area (Å²) < 4.78 is 9.96. The summed E-state index contributed by atoms with van der Waals surface area (Å²) in [7, 11) is 2.62. The van der Waals surface area contributed by atoms with Crippen molar-refractivity contribution in [2.24, 2.45) is 0 Å². The predicted molar refractivity (Wildman–Crippen MR) is 167 cm³/mol. The maximum atomic E-state index is 12.7. The number of nitrogens with one attached hydrogen (secondary N) is 2. The number of anilines is 2. The number of esters is 2. The predicted octanol–water partition coefficient (Wildman–Crippen LogP) is 7.47.